The average Bonchev–Trinajstić information content (AvgIpc) is 3.45. The molecule has 0 fully saturated rings. The maximum absolute atomic E-state index is 12.9. The van der Waals surface area contributed by atoms with Crippen LogP contribution in [-0.4, -0.2) is 37.2 Å². The van der Waals surface area contributed by atoms with E-state index in [0.29, 0.717) is 19.3 Å². The minimum atomic E-state index is -0.777. The van der Waals surface area contributed by atoms with Gasteiger partial charge in [0, 0.05) is 19.3 Å². The molecular formula is C73H130O6. The van der Waals surface area contributed by atoms with Crippen LogP contribution in [0, 0.1) is 0 Å². The van der Waals surface area contributed by atoms with E-state index in [1.165, 1.54) is 218 Å². The van der Waals surface area contributed by atoms with E-state index < -0.39 is 6.10 Å². The lowest BCUT2D eigenvalue weighted by molar-refractivity contribution is -0.167. The van der Waals surface area contributed by atoms with E-state index in [-0.39, 0.29) is 31.1 Å². The van der Waals surface area contributed by atoms with Crippen LogP contribution in [0.25, 0.3) is 0 Å². The molecule has 0 bridgehead atoms. The van der Waals surface area contributed by atoms with Gasteiger partial charge in [0.1, 0.15) is 13.2 Å². The van der Waals surface area contributed by atoms with Gasteiger partial charge in [0.25, 0.3) is 0 Å². The van der Waals surface area contributed by atoms with Crippen molar-refractivity contribution < 1.29 is 28.6 Å². The number of hydrogen-bond acceptors (Lipinski definition) is 6. The minimum Gasteiger partial charge on any atom is -0.462 e. The van der Waals surface area contributed by atoms with Gasteiger partial charge in [-0.05, 0) is 89.9 Å². The fourth-order valence-corrected chi connectivity index (χ4v) is 10.1. The van der Waals surface area contributed by atoms with Crippen molar-refractivity contribution in [2.24, 2.45) is 0 Å². The lowest BCUT2D eigenvalue weighted by Gasteiger charge is -2.18. The van der Waals surface area contributed by atoms with Crippen molar-refractivity contribution in [1.82, 2.24) is 0 Å². The summed E-state index contributed by atoms with van der Waals surface area (Å²) < 4.78 is 17.0. The molecule has 0 aliphatic carbocycles. The monoisotopic (exact) mass is 1100 g/mol. The van der Waals surface area contributed by atoms with Gasteiger partial charge in [0.2, 0.25) is 0 Å². The number of unbranched alkanes of at least 4 members (excludes halogenated alkanes) is 40. The summed E-state index contributed by atoms with van der Waals surface area (Å²) in [7, 11) is 0. The molecule has 0 N–H and O–H groups in total. The molecule has 6 heteroatoms. The predicted molar refractivity (Wildman–Crippen MR) is 344 cm³/mol. The summed E-state index contributed by atoms with van der Waals surface area (Å²) in [4.78, 5) is 38.3. The number of carbonyl (C=O) groups is 3. The third-order valence-corrected chi connectivity index (χ3v) is 15.2. The van der Waals surface area contributed by atoms with Gasteiger partial charge in [-0.3, -0.25) is 14.4 Å². The largest absolute Gasteiger partial charge is 0.462 e. The van der Waals surface area contributed by atoms with E-state index in [2.05, 4.69) is 93.7 Å². The van der Waals surface area contributed by atoms with Crippen LogP contribution in [0.2, 0.25) is 0 Å². The molecule has 0 radical (unpaired) electrons. The molecule has 0 aliphatic rings. The van der Waals surface area contributed by atoms with E-state index >= 15 is 0 Å². The van der Waals surface area contributed by atoms with E-state index in [1.807, 2.05) is 0 Å². The highest BCUT2D eigenvalue weighted by Gasteiger charge is 2.19. The van der Waals surface area contributed by atoms with Crippen molar-refractivity contribution in [2.75, 3.05) is 13.2 Å². The third-order valence-electron chi connectivity index (χ3n) is 15.2. The van der Waals surface area contributed by atoms with Gasteiger partial charge in [-0.1, -0.05) is 318 Å². The Bertz CT molecular complexity index is 1450. The summed E-state index contributed by atoms with van der Waals surface area (Å²) in [5, 5.41) is 0. The second-order valence-corrected chi connectivity index (χ2v) is 23.1. The molecule has 0 aliphatic heterocycles. The minimum absolute atomic E-state index is 0.0730. The van der Waals surface area contributed by atoms with Crippen LogP contribution in [0.4, 0.5) is 0 Å². The molecule has 0 aromatic carbocycles. The van der Waals surface area contributed by atoms with Crippen molar-refractivity contribution in [1.29, 1.82) is 0 Å². The summed E-state index contributed by atoms with van der Waals surface area (Å²) in [5.74, 6) is -0.860. The number of esters is 3. The molecule has 1 unspecified atom stereocenters. The molecule has 0 heterocycles. The Morgan fingerprint density at radius 3 is 0.785 bits per heavy atom. The zero-order chi connectivity index (χ0) is 57.1. The molecule has 0 rings (SSSR count). The van der Waals surface area contributed by atoms with Gasteiger partial charge in [0.15, 0.2) is 6.10 Å². The zero-order valence-corrected chi connectivity index (χ0v) is 52.6. The second-order valence-electron chi connectivity index (χ2n) is 23.1. The molecule has 0 amide bonds. The molecular weight excluding hydrogens is 973 g/mol. The standard InChI is InChI=1S/C73H130O6/c1-4-7-10-13-16-19-22-25-27-29-31-32-33-34-35-36-37-38-39-40-41-42-43-45-46-48-51-54-57-60-63-66-72(75)78-69-70(68-77-71(74)65-62-59-56-53-50-24-21-18-15-12-9-6-3)79-73(76)67-64-61-58-55-52-49-47-44-30-28-26-23-20-17-14-11-8-5-2/h7,10,16,19-20,23,25,27-28,30-32,70H,4-6,8-9,11-15,17-18,21-22,24,26,29,33-69H2,1-3H3/b10-7-,19-16-,23-20-,27-25-,30-28-,32-31-. The second kappa shape index (κ2) is 67.4. The van der Waals surface area contributed by atoms with Crippen molar-refractivity contribution in [3.63, 3.8) is 0 Å². The Morgan fingerprint density at radius 1 is 0.266 bits per heavy atom. The van der Waals surface area contributed by atoms with Crippen molar-refractivity contribution >= 4 is 17.9 Å². The molecule has 0 saturated heterocycles. The first-order valence-corrected chi connectivity index (χ1v) is 34.4. The third kappa shape index (κ3) is 65.5. The lowest BCUT2D eigenvalue weighted by Crippen LogP contribution is -2.30. The molecule has 79 heavy (non-hydrogen) atoms. The van der Waals surface area contributed by atoms with Crippen LogP contribution in [0.15, 0.2) is 72.9 Å². The average molecular weight is 1100 g/mol. The van der Waals surface area contributed by atoms with Crippen molar-refractivity contribution in [3.05, 3.63) is 72.9 Å². The Balaban J connectivity index is 4.17. The summed E-state index contributed by atoms with van der Waals surface area (Å²) in [6, 6.07) is 0. The fraction of sp³-hybridized carbons (Fsp3) is 0.795. The van der Waals surface area contributed by atoms with Crippen LogP contribution in [-0.2, 0) is 28.6 Å². The summed E-state index contributed by atoms with van der Waals surface area (Å²) in [5.41, 5.74) is 0. The SMILES string of the molecule is CC/C=C\C/C=C\C/C=C\C/C=C\CCCCCCCCCCCCCCCCCCCCC(=O)OCC(COC(=O)CCCCCCCCCCCCCC)OC(=O)CCCCCCCCC/C=C\C/C=C\CCCCCC. The van der Waals surface area contributed by atoms with Gasteiger partial charge < -0.3 is 14.2 Å². The predicted octanol–water partition coefficient (Wildman–Crippen LogP) is 23.7. The number of carbonyl (C=O) groups excluding carboxylic acids is 3. The van der Waals surface area contributed by atoms with Gasteiger partial charge in [0.05, 0.1) is 0 Å². The van der Waals surface area contributed by atoms with Crippen LogP contribution >= 0.6 is 0 Å². The van der Waals surface area contributed by atoms with E-state index in [0.717, 1.165) is 96.3 Å². The summed E-state index contributed by atoms with van der Waals surface area (Å²) in [6.07, 6.45) is 87.9. The van der Waals surface area contributed by atoms with E-state index in [1.54, 1.807) is 0 Å². The first-order valence-electron chi connectivity index (χ1n) is 34.4. The Labute approximate surface area is 491 Å². The lowest BCUT2D eigenvalue weighted by atomic mass is 10.0. The maximum atomic E-state index is 12.9. The molecule has 0 aromatic heterocycles. The van der Waals surface area contributed by atoms with E-state index in [9.17, 15) is 14.4 Å². The number of rotatable bonds is 63. The molecule has 0 aromatic rings. The number of ether oxygens (including phenoxy) is 3. The van der Waals surface area contributed by atoms with Gasteiger partial charge in [-0.15, -0.1) is 0 Å². The highest BCUT2D eigenvalue weighted by atomic mass is 16.6. The summed E-state index contributed by atoms with van der Waals surface area (Å²) >= 11 is 0. The molecule has 458 valence electrons. The topological polar surface area (TPSA) is 78.9 Å². The first-order chi connectivity index (χ1) is 39.0. The highest BCUT2D eigenvalue weighted by molar-refractivity contribution is 5.71. The van der Waals surface area contributed by atoms with Gasteiger partial charge in [-0.2, -0.15) is 0 Å². The quantitative estimate of drug-likeness (QED) is 0.0261. The zero-order valence-electron chi connectivity index (χ0n) is 52.6. The van der Waals surface area contributed by atoms with Crippen molar-refractivity contribution in [3.8, 4) is 0 Å². The van der Waals surface area contributed by atoms with Crippen molar-refractivity contribution in [2.45, 2.75) is 361 Å². The molecule has 0 saturated carbocycles. The number of hydrogen-bond donors (Lipinski definition) is 0. The van der Waals surface area contributed by atoms with Gasteiger partial charge >= 0.3 is 17.9 Å². The highest BCUT2D eigenvalue weighted by Crippen LogP contribution is 2.18. The fourth-order valence-electron chi connectivity index (χ4n) is 10.1. The van der Waals surface area contributed by atoms with Gasteiger partial charge in [-0.25, -0.2) is 0 Å². The molecule has 0 spiro atoms. The van der Waals surface area contributed by atoms with Crippen LogP contribution in [0.5, 0.6) is 0 Å². The van der Waals surface area contributed by atoms with Crippen LogP contribution in [0.1, 0.15) is 355 Å². The normalized spacial score (nSPS) is 12.5. The van der Waals surface area contributed by atoms with Crippen LogP contribution < -0.4 is 0 Å². The molecule has 6 nitrogen and oxygen atoms in total. The van der Waals surface area contributed by atoms with E-state index in [4.69, 9.17) is 14.2 Å². The smallest absolute Gasteiger partial charge is 0.306 e. The Hall–Kier alpha value is -3.15. The molecule has 1 atom stereocenters. The first kappa shape index (κ1) is 75.8. The Kier molecular flexibility index (Phi) is 64.7. The van der Waals surface area contributed by atoms with Crippen LogP contribution in [0.3, 0.4) is 0 Å². The number of allylic oxidation sites excluding steroid dienone is 12. The maximum Gasteiger partial charge on any atom is 0.306 e. The summed E-state index contributed by atoms with van der Waals surface area (Å²) in [6.45, 7) is 6.55. The Morgan fingerprint density at radius 2 is 0.494 bits per heavy atom.